The summed E-state index contributed by atoms with van der Waals surface area (Å²) in [7, 11) is 0. The molecule has 0 aliphatic rings. The fourth-order valence-electron chi connectivity index (χ4n) is 1.00. The minimum absolute atomic E-state index is 0.315. The van der Waals surface area contributed by atoms with E-state index in [0.29, 0.717) is 13.2 Å². The molecule has 3 nitrogen and oxygen atoms in total. The molecule has 0 unspecified atom stereocenters. The standard InChI is InChI=1S/C10H12N2O/c1-2-13-10-5-3-4-9(8-10)12-7-6-11/h3-5,8,12H,2,7H2,1H3. The molecule has 3 heteroatoms. The van der Waals surface area contributed by atoms with Crippen LogP contribution in [0.25, 0.3) is 0 Å². The van der Waals surface area contributed by atoms with Gasteiger partial charge in [-0.1, -0.05) is 6.07 Å². The zero-order valence-electron chi connectivity index (χ0n) is 7.58. The topological polar surface area (TPSA) is 45.0 Å². The zero-order chi connectivity index (χ0) is 9.52. The zero-order valence-corrected chi connectivity index (χ0v) is 7.58. The number of ether oxygens (including phenoxy) is 1. The van der Waals surface area contributed by atoms with Gasteiger partial charge in [0.25, 0.3) is 0 Å². The predicted octanol–water partition coefficient (Wildman–Crippen LogP) is 2.02. The average molecular weight is 176 g/mol. The van der Waals surface area contributed by atoms with E-state index < -0.39 is 0 Å². The summed E-state index contributed by atoms with van der Waals surface area (Å²) in [5.41, 5.74) is 0.910. The summed E-state index contributed by atoms with van der Waals surface area (Å²) in [4.78, 5) is 0. The minimum atomic E-state index is 0.315. The van der Waals surface area contributed by atoms with Crippen molar-refractivity contribution >= 4 is 5.69 Å². The molecule has 0 amide bonds. The second-order valence-corrected chi connectivity index (χ2v) is 2.47. The summed E-state index contributed by atoms with van der Waals surface area (Å²) >= 11 is 0. The fraction of sp³-hybridized carbons (Fsp3) is 0.300. The fourth-order valence-corrected chi connectivity index (χ4v) is 1.00. The lowest BCUT2D eigenvalue weighted by Gasteiger charge is -2.05. The summed E-state index contributed by atoms with van der Waals surface area (Å²) < 4.78 is 5.30. The Balaban J connectivity index is 2.63. The lowest BCUT2D eigenvalue weighted by molar-refractivity contribution is 0.340. The first-order valence-corrected chi connectivity index (χ1v) is 4.20. The van der Waals surface area contributed by atoms with E-state index in [-0.39, 0.29) is 0 Å². The van der Waals surface area contributed by atoms with Crippen LogP contribution in [0.1, 0.15) is 6.92 Å². The van der Waals surface area contributed by atoms with Crippen molar-refractivity contribution in [3.05, 3.63) is 24.3 Å². The molecule has 0 aromatic heterocycles. The maximum atomic E-state index is 8.36. The predicted molar refractivity (Wildman–Crippen MR) is 51.7 cm³/mol. The minimum Gasteiger partial charge on any atom is -0.494 e. The monoisotopic (exact) mass is 176 g/mol. The summed E-state index contributed by atoms with van der Waals surface area (Å²) in [6, 6.07) is 9.58. The van der Waals surface area contributed by atoms with Crippen LogP contribution in [-0.2, 0) is 0 Å². The van der Waals surface area contributed by atoms with E-state index in [2.05, 4.69) is 5.32 Å². The molecule has 0 atom stereocenters. The van der Waals surface area contributed by atoms with E-state index in [1.54, 1.807) is 0 Å². The molecule has 1 aromatic carbocycles. The van der Waals surface area contributed by atoms with Crippen LogP contribution in [0.4, 0.5) is 5.69 Å². The van der Waals surface area contributed by atoms with Gasteiger partial charge in [-0.15, -0.1) is 0 Å². The van der Waals surface area contributed by atoms with Crippen LogP contribution in [0, 0.1) is 11.3 Å². The third-order valence-electron chi connectivity index (χ3n) is 1.52. The van der Waals surface area contributed by atoms with Crippen molar-refractivity contribution in [3.63, 3.8) is 0 Å². The van der Waals surface area contributed by atoms with Gasteiger partial charge in [0.15, 0.2) is 0 Å². The quantitative estimate of drug-likeness (QED) is 0.714. The Bertz CT molecular complexity index is 304. The molecule has 68 valence electrons. The largest absolute Gasteiger partial charge is 0.494 e. The molecule has 0 bridgehead atoms. The summed E-state index contributed by atoms with van der Waals surface area (Å²) in [6.07, 6.45) is 0. The second-order valence-electron chi connectivity index (χ2n) is 2.47. The van der Waals surface area contributed by atoms with Crippen molar-refractivity contribution in [2.45, 2.75) is 6.92 Å². The van der Waals surface area contributed by atoms with Gasteiger partial charge in [0, 0.05) is 11.8 Å². The van der Waals surface area contributed by atoms with Gasteiger partial charge in [-0.05, 0) is 19.1 Å². The molecule has 1 N–H and O–H groups in total. The summed E-state index contributed by atoms with van der Waals surface area (Å²) in [6.45, 7) is 2.91. The smallest absolute Gasteiger partial charge is 0.121 e. The molecule has 0 spiro atoms. The molecule has 0 aliphatic carbocycles. The first-order chi connectivity index (χ1) is 6.36. The Morgan fingerprint density at radius 2 is 2.38 bits per heavy atom. The van der Waals surface area contributed by atoms with Crippen LogP contribution in [0.5, 0.6) is 5.75 Å². The van der Waals surface area contributed by atoms with E-state index in [1.807, 2.05) is 37.3 Å². The van der Waals surface area contributed by atoms with Crippen LogP contribution in [0.2, 0.25) is 0 Å². The van der Waals surface area contributed by atoms with E-state index >= 15 is 0 Å². The van der Waals surface area contributed by atoms with Gasteiger partial charge >= 0.3 is 0 Å². The van der Waals surface area contributed by atoms with Crippen LogP contribution < -0.4 is 10.1 Å². The SMILES string of the molecule is CCOc1cccc(NCC#N)c1. The third kappa shape index (κ3) is 3.04. The first kappa shape index (κ1) is 9.40. The van der Waals surface area contributed by atoms with E-state index in [4.69, 9.17) is 10.00 Å². The number of anilines is 1. The molecular formula is C10H12N2O. The Hall–Kier alpha value is -1.69. The number of nitriles is 1. The van der Waals surface area contributed by atoms with E-state index in [0.717, 1.165) is 11.4 Å². The number of nitrogens with one attached hydrogen (secondary N) is 1. The van der Waals surface area contributed by atoms with Crippen molar-refractivity contribution < 1.29 is 4.74 Å². The van der Waals surface area contributed by atoms with E-state index in [1.165, 1.54) is 0 Å². The Labute approximate surface area is 77.9 Å². The normalized spacial score (nSPS) is 8.92. The van der Waals surface area contributed by atoms with Gasteiger partial charge in [-0.25, -0.2) is 0 Å². The average Bonchev–Trinajstić information content (AvgIpc) is 2.16. The third-order valence-corrected chi connectivity index (χ3v) is 1.52. The van der Waals surface area contributed by atoms with Gasteiger partial charge in [-0.2, -0.15) is 5.26 Å². The van der Waals surface area contributed by atoms with Crippen LogP contribution in [0.3, 0.4) is 0 Å². The molecule has 0 saturated heterocycles. The maximum absolute atomic E-state index is 8.36. The van der Waals surface area contributed by atoms with Gasteiger partial charge in [0.2, 0.25) is 0 Å². The van der Waals surface area contributed by atoms with Crippen LogP contribution in [-0.4, -0.2) is 13.2 Å². The molecule has 0 fully saturated rings. The lowest BCUT2D eigenvalue weighted by Crippen LogP contribution is -1.98. The molecule has 0 radical (unpaired) electrons. The van der Waals surface area contributed by atoms with Crippen molar-refractivity contribution in [2.24, 2.45) is 0 Å². The highest BCUT2D eigenvalue weighted by Gasteiger charge is 1.93. The number of nitrogens with zero attached hydrogens (tertiary/aromatic N) is 1. The number of rotatable bonds is 4. The summed E-state index contributed by atoms with van der Waals surface area (Å²) in [5.74, 6) is 0.824. The van der Waals surface area contributed by atoms with Crippen molar-refractivity contribution in [1.29, 1.82) is 5.26 Å². The second kappa shape index (κ2) is 5.04. The van der Waals surface area contributed by atoms with Gasteiger partial charge in [-0.3, -0.25) is 0 Å². The molecule has 0 saturated carbocycles. The number of benzene rings is 1. The Morgan fingerprint density at radius 3 is 3.08 bits per heavy atom. The molecule has 1 aromatic rings. The Morgan fingerprint density at radius 1 is 1.54 bits per heavy atom. The Kier molecular flexibility index (Phi) is 3.65. The highest BCUT2D eigenvalue weighted by molar-refractivity contribution is 5.48. The van der Waals surface area contributed by atoms with Crippen molar-refractivity contribution in [3.8, 4) is 11.8 Å². The van der Waals surface area contributed by atoms with Crippen molar-refractivity contribution in [1.82, 2.24) is 0 Å². The first-order valence-electron chi connectivity index (χ1n) is 4.20. The number of hydrogen-bond donors (Lipinski definition) is 1. The van der Waals surface area contributed by atoms with E-state index in [9.17, 15) is 0 Å². The summed E-state index contributed by atoms with van der Waals surface area (Å²) in [5, 5.41) is 11.3. The van der Waals surface area contributed by atoms with Crippen molar-refractivity contribution in [2.75, 3.05) is 18.5 Å². The molecule has 1 rings (SSSR count). The lowest BCUT2D eigenvalue weighted by atomic mass is 10.3. The van der Waals surface area contributed by atoms with Gasteiger partial charge in [0.1, 0.15) is 12.3 Å². The van der Waals surface area contributed by atoms with Crippen LogP contribution in [0.15, 0.2) is 24.3 Å². The number of hydrogen-bond acceptors (Lipinski definition) is 3. The highest BCUT2D eigenvalue weighted by atomic mass is 16.5. The molecular weight excluding hydrogens is 164 g/mol. The highest BCUT2D eigenvalue weighted by Crippen LogP contribution is 2.16. The molecule has 0 aliphatic heterocycles. The maximum Gasteiger partial charge on any atom is 0.121 e. The van der Waals surface area contributed by atoms with Gasteiger partial charge in [0.05, 0.1) is 12.7 Å². The molecule has 0 heterocycles. The van der Waals surface area contributed by atoms with Gasteiger partial charge < -0.3 is 10.1 Å². The van der Waals surface area contributed by atoms with Crippen LogP contribution >= 0.6 is 0 Å². The molecule has 13 heavy (non-hydrogen) atoms.